The minimum absolute atomic E-state index is 0.174. The van der Waals surface area contributed by atoms with Crippen LogP contribution in [0.25, 0.3) is 0 Å². The molecule has 1 rings (SSSR count). The van der Waals surface area contributed by atoms with Crippen LogP contribution in [0.2, 0.25) is 0 Å². The first-order valence-corrected chi connectivity index (χ1v) is 5.82. The van der Waals surface area contributed by atoms with Crippen molar-refractivity contribution < 1.29 is 9.59 Å². The Morgan fingerprint density at radius 1 is 1.27 bits per heavy atom. The number of carbonyl (C=O) groups excluding carboxylic acids is 2. The molecule has 2 N–H and O–H groups in total. The molecular weight excluding hydrogens is 192 g/mol. The van der Waals surface area contributed by atoms with Crippen LogP contribution in [-0.2, 0) is 4.79 Å². The molecular formula is C11H20N2O2. The lowest BCUT2D eigenvalue weighted by Crippen LogP contribution is -2.43. The molecule has 1 fully saturated rings. The fourth-order valence-corrected chi connectivity index (χ4v) is 1.82. The van der Waals surface area contributed by atoms with Crippen LogP contribution in [0.1, 0.15) is 51.9 Å². The Balaban J connectivity index is 2.14. The Bertz CT molecular complexity index is 223. The van der Waals surface area contributed by atoms with E-state index < -0.39 is 0 Å². The molecule has 3 amide bonds. The number of imide groups is 1. The lowest BCUT2D eigenvalue weighted by molar-refractivity contribution is -0.120. The lowest BCUT2D eigenvalue weighted by Gasteiger charge is -2.11. The van der Waals surface area contributed by atoms with E-state index >= 15 is 0 Å². The summed E-state index contributed by atoms with van der Waals surface area (Å²) in [4.78, 5) is 22.5. The zero-order chi connectivity index (χ0) is 11.1. The molecule has 0 aromatic heterocycles. The number of urea groups is 1. The summed E-state index contributed by atoms with van der Waals surface area (Å²) in [6.45, 7) is 2.02. The van der Waals surface area contributed by atoms with Gasteiger partial charge in [-0.15, -0.1) is 0 Å². The van der Waals surface area contributed by atoms with Gasteiger partial charge >= 0.3 is 6.03 Å². The van der Waals surface area contributed by atoms with E-state index in [1.165, 1.54) is 12.8 Å². The molecule has 0 bridgehead atoms. The third-order valence-corrected chi connectivity index (χ3v) is 2.70. The Kier molecular flexibility index (Phi) is 5.15. The SMILES string of the molecule is CCCCC(=O)NC(=O)NC1CCCC1. The first-order chi connectivity index (χ1) is 7.22. The van der Waals surface area contributed by atoms with Crippen molar-refractivity contribution in [3.63, 3.8) is 0 Å². The summed E-state index contributed by atoms with van der Waals surface area (Å²) in [6.07, 6.45) is 6.67. The molecule has 1 saturated carbocycles. The maximum Gasteiger partial charge on any atom is 0.321 e. The predicted octanol–water partition coefficient (Wildman–Crippen LogP) is 1.94. The molecule has 4 heteroatoms. The third kappa shape index (κ3) is 4.81. The molecule has 86 valence electrons. The molecule has 0 atom stereocenters. The zero-order valence-corrected chi connectivity index (χ0v) is 9.34. The van der Waals surface area contributed by atoms with Crippen LogP contribution < -0.4 is 10.6 Å². The van der Waals surface area contributed by atoms with Gasteiger partial charge in [0.2, 0.25) is 5.91 Å². The van der Waals surface area contributed by atoms with Crippen molar-refractivity contribution in [2.45, 2.75) is 57.9 Å². The number of hydrogen-bond donors (Lipinski definition) is 2. The fraction of sp³-hybridized carbons (Fsp3) is 0.818. The first-order valence-electron chi connectivity index (χ1n) is 5.82. The highest BCUT2D eigenvalue weighted by molar-refractivity contribution is 5.94. The van der Waals surface area contributed by atoms with Crippen LogP contribution in [0.15, 0.2) is 0 Å². The Labute approximate surface area is 90.8 Å². The van der Waals surface area contributed by atoms with E-state index in [2.05, 4.69) is 10.6 Å². The van der Waals surface area contributed by atoms with Crippen molar-refractivity contribution >= 4 is 11.9 Å². The second-order valence-corrected chi connectivity index (χ2v) is 4.11. The van der Waals surface area contributed by atoms with E-state index in [-0.39, 0.29) is 18.0 Å². The third-order valence-electron chi connectivity index (χ3n) is 2.70. The molecule has 1 aliphatic carbocycles. The van der Waals surface area contributed by atoms with E-state index in [1.807, 2.05) is 6.92 Å². The molecule has 0 saturated heterocycles. The van der Waals surface area contributed by atoms with Crippen molar-refractivity contribution in [1.82, 2.24) is 10.6 Å². The van der Waals surface area contributed by atoms with E-state index in [1.54, 1.807) is 0 Å². The van der Waals surface area contributed by atoms with Gasteiger partial charge in [0.05, 0.1) is 0 Å². The minimum Gasteiger partial charge on any atom is -0.335 e. The van der Waals surface area contributed by atoms with Crippen molar-refractivity contribution in [2.24, 2.45) is 0 Å². The topological polar surface area (TPSA) is 58.2 Å². The van der Waals surface area contributed by atoms with Crippen molar-refractivity contribution in [2.75, 3.05) is 0 Å². The number of rotatable bonds is 4. The summed E-state index contributed by atoms with van der Waals surface area (Å²) in [6, 6.07) is -0.0630. The summed E-state index contributed by atoms with van der Waals surface area (Å²) in [7, 11) is 0. The van der Waals surface area contributed by atoms with Gasteiger partial charge in [0.1, 0.15) is 0 Å². The van der Waals surface area contributed by atoms with Crippen molar-refractivity contribution in [1.29, 1.82) is 0 Å². The molecule has 4 nitrogen and oxygen atoms in total. The monoisotopic (exact) mass is 212 g/mol. The van der Waals surface area contributed by atoms with Crippen LogP contribution >= 0.6 is 0 Å². The Morgan fingerprint density at radius 3 is 2.53 bits per heavy atom. The fourth-order valence-electron chi connectivity index (χ4n) is 1.82. The van der Waals surface area contributed by atoms with Gasteiger partial charge in [-0.2, -0.15) is 0 Å². The molecule has 15 heavy (non-hydrogen) atoms. The smallest absolute Gasteiger partial charge is 0.321 e. The zero-order valence-electron chi connectivity index (χ0n) is 9.34. The van der Waals surface area contributed by atoms with Crippen molar-refractivity contribution in [3.8, 4) is 0 Å². The average Bonchev–Trinajstić information content (AvgIpc) is 2.67. The molecule has 0 radical (unpaired) electrons. The van der Waals surface area contributed by atoms with E-state index in [4.69, 9.17) is 0 Å². The lowest BCUT2D eigenvalue weighted by atomic mass is 10.2. The number of hydrogen-bond acceptors (Lipinski definition) is 2. The van der Waals surface area contributed by atoms with Gasteiger partial charge < -0.3 is 5.32 Å². The molecule has 0 aliphatic heterocycles. The molecule has 0 aromatic carbocycles. The summed E-state index contributed by atoms with van der Waals surface area (Å²) >= 11 is 0. The molecule has 1 aliphatic rings. The molecule has 0 unspecified atom stereocenters. The van der Waals surface area contributed by atoms with Crippen LogP contribution in [-0.4, -0.2) is 18.0 Å². The van der Waals surface area contributed by atoms with Gasteiger partial charge in [0.15, 0.2) is 0 Å². The maximum absolute atomic E-state index is 11.3. The molecule has 0 heterocycles. The average molecular weight is 212 g/mol. The molecule has 0 spiro atoms. The van der Waals surface area contributed by atoms with E-state index in [0.29, 0.717) is 6.42 Å². The number of carbonyl (C=O) groups is 2. The molecule has 0 aromatic rings. The summed E-state index contributed by atoms with van der Waals surface area (Å²) in [5, 5.41) is 5.17. The van der Waals surface area contributed by atoms with E-state index in [9.17, 15) is 9.59 Å². The van der Waals surface area contributed by atoms with Crippen LogP contribution in [0.3, 0.4) is 0 Å². The van der Waals surface area contributed by atoms with Gasteiger partial charge in [-0.05, 0) is 19.3 Å². The van der Waals surface area contributed by atoms with Gasteiger partial charge in [-0.25, -0.2) is 4.79 Å². The van der Waals surface area contributed by atoms with Crippen molar-refractivity contribution in [3.05, 3.63) is 0 Å². The van der Waals surface area contributed by atoms with Gasteiger partial charge in [0.25, 0.3) is 0 Å². The second kappa shape index (κ2) is 6.43. The minimum atomic E-state index is -0.331. The summed E-state index contributed by atoms with van der Waals surface area (Å²) in [5.41, 5.74) is 0. The first kappa shape index (κ1) is 12.0. The van der Waals surface area contributed by atoms with Crippen LogP contribution in [0.5, 0.6) is 0 Å². The quantitative estimate of drug-likeness (QED) is 0.748. The number of amides is 3. The highest BCUT2D eigenvalue weighted by Crippen LogP contribution is 2.17. The van der Waals surface area contributed by atoms with Gasteiger partial charge in [0, 0.05) is 12.5 Å². The highest BCUT2D eigenvalue weighted by atomic mass is 16.2. The second-order valence-electron chi connectivity index (χ2n) is 4.11. The maximum atomic E-state index is 11.3. The Hall–Kier alpha value is -1.06. The normalized spacial score (nSPS) is 16.3. The number of nitrogens with one attached hydrogen (secondary N) is 2. The van der Waals surface area contributed by atoms with Crippen LogP contribution in [0, 0.1) is 0 Å². The number of unbranched alkanes of at least 4 members (excludes halogenated alkanes) is 1. The standard InChI is InChI=1S/C11H20N2O2/c1-2-3-8-10(14)13-11(15)12-9-6-4-5-7-9/h9H,2-8H2,1H3,(H2,12,13,14,15). The van der Waals surface area contributed by atoms with Gasteiger partial charge in [-0.1, -0.05) is 26.2 Å². The highest BCUT2D eigenvalue weighted by Gasteiger charge is 2.17. The van der Waals surface area contributed by atoms with E-state index in [0.717, 1.165) is 25.7 Å². The summed E-state index contributed by atoms with van der Waals surface area (Å²) < 4.78 is 0. The predicted molar refractivity (Wildman–Crippen MR) is 58.5 cm³/mol. The van der Waals surface area contributed by atoms with Gasteiger partial charge in [-0.3, -0.25) is 10.1 Å². The largest absolute Gasteiger partial charge is 0.335 e. The summed E-state index contributed by atoms with van der Waals surface area (Å²) in [5.74, 6) is -0.174. The Morgan fingerprint density at radius 2 is 1.93 bits per heavy atom. The van der Waals surface area contributed by atoms with Crippen LogP contribution in [0.4, 0.5) is 4.79 Å².